The summed E-state index contributed by atoms with van der Waals surface area (Å²) in [5, 5.41) is 2.70. The van der Waals surface area contributed by atoms with Gasteiger partial charge >= 0.3 is 5.97 Å². The Bertz CT molecular complexity index is 458. The molecule has 0 bridgehead atoms. The highest BCUT2D eigenvalue weighted by atomic mass is 19.2. The summed E-state index contributed by atoms with van der Waals surface area (Å²) in [5.74, 6) is -2.26. The molecule has 1 rings (SSSR count). The van der Waals surface area contributed by atoms with E-state index in [0.29, 0.717) is 12.0 Å². The molecule has 0 aliphatic carbocycles. The molecule has 0 radical (unpaired) electrons. The predicted molar refractivity (Wildman–Crippen MR) is 65.2 cm³/mol. The number of halogens is 2. The van der Waals surface area contributed by atoms with Gasteiger partial charge in [0.25, 0.3) is 0 Å². The van der Waals surface area contributed by atoms with Gasteiger partial charge in [-0.2, -0.15) is 0 Å². The van der Waals surface area contributed by atoms with Crippen molar-refractivity contribution in [2.24, 2.45) is 0 Å². The van der Waals surface area contributed by atoms with Crippen LogP contribution in [0, 0.1) is 11.6 Å². The number of carbonyl (C=O) groups is 1. The van der Waals surface area contributed by atoms with Crippen LogP contribution in [0.15, 0.2) is 29.8 Å². The number of ether oxygens (including phenoxy) is 1. The van der Waals surface area contributed by atoms with Gasteiger partial charge in [0, 0.05) is 12.1 Å². The molecular weight excluding hydrogens is 240 g/mol. The van der Waals surface area contributed by atoms with Crippen molar-refractivity contribution in [3.8, 4) is 0 Å². The van der Waals surface area contributed by atoms with Gasteiger partial charge in [-0.3, -0.25) is 0 Å². The minimum absolute atomic E-state index is 0.0616. The fourth-order valence-corrected chi connectivity index (χ4v) is 1.43. The van der Waals surface area contributed by atoms with Crippen molar-refractivity contribution in [3.63, 3.8) is 0 Å². The van der Waals surface area contributed by atoms with Gasteiger partial charge in [0.2, 0.25) is 0 Å². The average molecular weight is 255 g/mol. The van der Waals surface area contributed by atoms with E-state index in [9.17, 15) is 13.6 Å². The average Bonchev–Trinajstić information content (AvgIpc) is 2.38. The number of hydrogen-bond acceptors (Lipinski definition) is 3. The molecular formula is C13H15F2NO2. The van der Waals surface area contributed by atoms with Crippen LogP contribution in [0.2, 0.25) is 0 Å². The van der Waals surface area contributed by atoms with Crippen LogP contribution in [0.3, 0.4) is 0 Å². The van der Waals surface area contributed by atoms with E-state index in [4.69, 9.17) is 0 Å². The van der Waals surface area contributed by atoms with E-state index in [1.54, 1.807) is 6.08 Å². The number of nitrogens with one attached hydrogen (secondary N) is 1. The lowest BCUT2D eigenvalue weighted by Crippen LogP contribution is -2.08. The third-order valence-corrected chi connectivity index (χ3v) is 2.42. The first-order chi connectivity index (χ1) is 8.60. The van der Waals surface area contributed by atoms with E-state index >= 15 is 0 Å². The second kappa shape index (κ2) is 6.74. The molecule has 0 aromatic heterocycles. The minimum Gasteiger partial charge on any atom is -0.466 e. The highest BCUT2D eigenvalue weighted by Gasteiger charge is 2.08. The van der Waals surface area contributed by atoms with Gasteiger partial charge in [-0.15, -0.1) is 0 Å². The summed E-state index contributed by atoms with van der Waals surface area (Å²) >= 11 is 0. The zero-order valence-electron chi connectivity index (χ0n) is 10.3. The summed E-state index contributed by atoms with van der Waals surface area (Å²) in [5.41, 5.74) is 0.549. The molecule has 0 spiro atoms. The second-order valence-corrected chi connectivity index (χ2v) is 3.56. The van der Waals surface area contributed by atoms with Gasteiger partial charge in [0.05, 0.1) is 12.8 Å². The number of carbonyl (C=O) groups excluding carboxylic acids is 1. The first-order valence-electron chi connectivity index (χ1n) is 5.55. The smallest absolute Gasteiger partial charge is 0.333 e. The standard InChI is InChI=1S/C13H15F2NO2/c1-3-9(13(17)18-2)7-8-16-11-6-4-5-10(14)12(11)15/h4-7,16H,3,8H2,1-2H3/b9-7-. The van der Waals surface area contributed by atoms with Gasteiger partial charge in [-0.25, -0.2) is 13.6 Å². The number of esters is 1. The van der Waals surface area contributed by atoms with Gasteiger partial charge in [-0.1, -0.05) is 19.1 Å². The lowest BCUT2D eigenvalue weighted by molar-refractivity contribution is -0.136. The maximum absolute atomic E-state index is 13.3. The van der Waals surface area contributed by atoms with E-state index < -0.39 is 17.6 Å². The Morgan fingerprint density at radius 3 is 2.78 bits per heavy atom. The van der Waals surface area contributed by atoms with E-state index in [-0.39, 0.29) is 12.2 Å². The number of rotatable bonds is 5. The Kier molecular flexibility index (Phi) is 5.30. The molecule has 0 fully saturated rings. The highest BCUT2D eigenvalue weighted by molar-refractivity contribution is 5.88. The molecule has 0 atom stereocenters. The van der Waals surface area contributed by atoms with Crippen LogP contribution in [0.4, 0.5) is 14.5 Å². The molecule has 0 aliphatic rings. The maximum atomic E-state index is 13.3. The zero-order chi connectivity index (χ0) is 13.5. The van der Waals surface area contributed by atoms with Gasteiger partial charge in [-0.05, 0) is 18.6 Å². The molecule has 5 heteroatoms. The van der Waals surface area contributed by atoms with Crippen LogP contribution >= 0.6 is 0 Å². The molecule has 0 aliphatic heterocycles. The molecule has 98 valence electrons. The van der Waals surface area contributed by atoms with Gasteiger partial charge in [0.1, 0.15) is 0 Å². The summed E-state index contributed by atoms with van der Waals surface area (Å²) in [7, 11) is 1.30. The van der Waals surface area contributed by atoms with E-state index in [0.717, 1.165) is 6.07 Å². The Hall–Kier alpha value is -1.91. The van der Waals surface area contributed by atoms with Crippen LogP contribution in [0.1, 0.15) is 13.3 Å². The monoisotopic (exact) mass is 255 g/mol. The first-order valence-corrected chi connectivity index (χ1v) is 5.55. The van der Waals surface area contributed by atoms with Gasteiger partial charge in [0.15, 0.2) is 11.6 Å². The lowest BCUT2D eigenvalue weighted by atomic mass is 10.2. The van der Waals surface area contributed by atoms with Crippen molar-refractivity contribution in [1.29, 1.82) is 0 Å². The minimum atomic E-state index is -0.929. The third-order valence-electron chi connectivity index (χ3n) is 2.42. The van der Waals surface area contributed by atoms with Crippen LogP contribution < -0.4 is 5.32 Å². The molecule has 0 heterocycles. The molecule has 1 aromatic carbocycles. The quantitative estimate of drug-likeness (QED) is 0.649. The molecule has 18 heavy (non-hydrogen) atoms. The summed E-state index contributed by atoms with van der Waals surface area (Å²) in [6.07, 6.45) is 2.11. The number of benzene rings is 1. The SMILES string of the molecule is CC/C(=C/CNc1cccc(F)c1F)C(=O)OC. The molecule has 1 aromatic rings. The maximum Gasteiger partial charge on any atom is 0.333 e. The Morgan fingerprint density at radius 1 is 1.44 bits per heavy atom. The summed E-state index contributed by atoms with van der Waals surface area (Å²) in [6, 6.07) is 3.88. The van der Waals surface area contributed by atoms with E-state index in [2.05, 4.69) is 10.1 Å². The Balaban J connectivity index is 2.68. The third kappa shape index (κ3) is 3.55. The molecule has 0 unspecified atom stereocenters. The summed E-state index contributed by atoms with van der Waals surface area (Å²) in [4.78, 5) is 11.3. The van der Waals surface area contributed by atoms with Crippen LogP contribution in [-0.2, 0) is 9.53 Å². The van der Waals surface area contributed by atoms with Gasteiger partial charge < -0.3 is 10.1 Å². The first kappa shape index (κ1) is 14.2. The molecule has 0 amide bonds. The fourth-order valence-electron chi connectivity index (χ4n) is 1.43. The topological polar surface area (TPSA) is 38.3 Å². The fraction of sp³-hybridized carbons (Fsp3) is 0.308. The van der Waals surface area contributed by atoms with Crippen LogP contribution in [0.25, 0.3) is 0 Å². The Labute approximate surface area is 104 Å². The summed E-state index contributed by atoms with van der Waals surface area (Å²) < 4.78 is 30.8. The number of hydrogen-bond donors (Lipinski definition) is 1. The lowest BCUT2D eigenvalue weighted by Gasteiger charge is -2.06. The van der Waals surface area contributed by atoms with Crippen molar-refractivity contribution in [2.45, 2.75) is 13.3 Å². The zero-order valence-corrected chi connectivity index (χ0v) is 10.3. The number of methoxy groups -OCH3 is 1. The van der Waals surface area contributed by atoms with E-state index in [1.165, 1.54) is 19.2 Å². The molecule has 0 saturated heterocycles. The normalized spacial score (nSPS) is 11.2. The molecule has 3 nitrogen and oxygen atoms in total. The van der Waals surface area contributed by atoms with Crippen molar-refractivity contribution >= 4 is 11.7 Å². The Morgan fingerprint density at radius 2 is 2.17 bits per heavy atom. The van der Waals surface area contributed by atoms with Crippen LogP contribution in [-0.4, -0.2) is 19.6 Å². The van der Waals surface area contributed by atoms with Crippen molar-refractivity contribution in [2.75, 3.05) is 19.0 Å². The van der Waals surface area contributed by atoms with E-state index in [1.807, 2.05) is 6.92 Å². The van der Waals surface area contributed by atoms with Crippen LogP contribution in [0.5, 0.6) is 0 Å². The largest absolute Gasteiger partial charge is 0.466 e. The highest BCUT2D eigenvalue weighted by Crippen LogP contribution is 2.16. The van der Waals surface area contributed by atoms with Crippen molar-refractivity contribution < 1.29 is 18.3 Å². The predicted octanol–water partition coefficient (Wildman–Crippen LogP) is 2.89. The van der Waals surface area contributed by atoms with Crippen molar-refractivity contribution in [3.05, 3.63) is 41.5 Å². The second-order valence-electron chi connectivity index (χ2n) is 3.56. The molecule has 1 N–H and O–H groups in total. The number of anilines is 1. The van der Waals surface area contributed by atoms with Crippen molar-refractivity contribution in [1.82, 2.24) is 0 Å². The summed E-state index contributed by atoms with van der Waals surface area (Å²) in [6.45, 7) is 2.03. The molecule has 0 saturated carbocycles.